The van der Waals surface area contributed by atoms with Gasteiger partial charge in [0.1, 0.15) is 12.4 Å². The first-order valence-corrected chi connectivity index (χ1v) is 9.41. The van der Waals surface area contributed by atoms with Crippen molar-refractivity contribution in [2.45, 2.75) is 6.54 Å². The van der Waals surface area contributed by atoms with E-state index in [1.807, 2.05) is 40.1 Å². The Kier molecular flexibility index (Phi) is 5.05. The molecule has 0 aromatic heterocycles. The van der Waals surface area contributed by atoms with Gasteiger partial charge in [0.15, 0.2) is 0 Å². The summed E-state index contributed by atoms with van der Waals surface area (Å²) in [6.45, 7) is 2.95. The number of rotatable bonds is 4. The minimum atomic E-state index is -0.191. The molecule has 2 fully saturated rings. The topological polar surface area (TPSA) is 59.1 Å². The van der Waals surface area contributed by atoms with E-state index in [9.17, 15) is 9.59 Å². The van der Waals surface area contributed by atoms with Crippen LogP contribution < -0.4 is 4.74 Å². The van der Waals surface area contributed by atoms with E-state index >= 15 is 0 Å². The van der Waals surface area contributed by atoms with Gasteiger partial charge in [-0.1, -0.05) is 30.3 Å². The lowest BCUT2D eigenvalue weighted by Gasteiger charge is -2.50. The molecule has 146 valence electrons. The van der Waals surface area contributed by atoms with Crippen LogP contribution in [0, 0.1) is 5.41 Å². The highest BCUT2D eigenvalue weighted by molar-refractivity contribution is 5.95. The van der Waals surface area contributed by atoms with Crippen LogP contribution in [0.2, 0.25) is 0 Å². The van der Waals surface area contributed by atoms with E-state index in [4.69, 9.17) is 9.47 Å². The molecule has 6 heteroatoms. The number of benzene rings is 2. The van der Waals surface area contributed by atoms with Crippen LogP contribution in [0.1, 0.15) is 15.9 Å². The molecule has 0 unspecified atom stereocenters. The molecule has 0 N–H and O–H groups in total. The highest BCUT2D eigenvalue weighted by Crippen LogP contribution is 2.35. The van der Waals surface area contributed by atoms with E-state index in [1.165, 1.54) is 0 Å². The van der Waals surface area contributed by atoms with Crippen molar-refractivity contribution >= 4 is 11.8 Å². The van der Waals surface area contributed by atoms with E-state index in [0.29, 0.717) is 38.3 Å². The summed E-state index contributed by atoms with van der Waals surface area (Å²) in [7, 11) is 1.60. The van der Waals surface area contributed by atoms with Crippen molar-refractivity contribution in [3.8, 4) is 5.75 Å². The van der Waals surface area contributed by atoms with Crippen molar-refractivity contribution in [2.75, 3.05) is 40.0 Å². The molecule has 2 aliphatic rings. The molecular formula is C22H24N2O4. The van der Waals surface area contributed by atoms with Crippen molar-refractivity contribution in [3.05, 3.63) is 65.7 Å². The van der Waals surface area contributed by atoms with Gasteiger partial charge in [-0.2, -0.15) is 0 Å². The second kappa shape index (κ2) is 7.64. The minimum Gasteiger partial charge on any atom is -0.497 e. The first-order chi connectivity index (χ1) is 13.6. The maximum Gasteiger partial charge on any atom is 0.253 e. The van der Waals surface area contributed by atoms with Gasteiger partial charge in [0.2, 0.25) is 5.91 Å². The summed E-state index contributed by atoms with van der Waals surface area (Å²) < 4.78 is 10.8. The second-order valence-corrected chi connectivity index (χ2v) is 7.62. The lowest BCUT2D eigenvalue weighted by atomic mass is 9.79. The van der Waals surface area contributed by atoms with Crippen LogP contribution >= 0.6 is 0 Å². The van der Waals surface area contributed by atoms with Crippen LogP contribution in [0.15, 0.2) is 54.6 Å². The van der Waals surface area contributed by atoms with E-state index < -0.39 is 0 Å². The number of amides is 2. The van der Waals surface area contributed by atoms with Gasteiger partial charge in [-0.25, -0.2) is 0 Å². The Morgan fingerprint density at radius 1 is 1.07 bits per heavy atom. The van der Waals surface area contributed by atoms with Gasteiger partial charge in [0, 0.05) is 37.2 Å². The number of hydrogen-bond donors (Lipinski definition) is 0. The zero-order chi connectivity index (χ0) is 19.6. The van der Waals surface area contributed by atoms with Gasteiger partial charge >= 0.3 is 0 Å². The molecule has 2 heterocycles. The Balaban J connectivity index is 1.42. The second-order valence-electron chi connectivity index (χ2n) is 7.62. The fraction of sp³-hybridized carbons (Fsp3) is 0.364. The third kappa shape index (κ3) is 3.73. The van der Waals surface area contributed by atoms with E-state index in [0.717, 1.165) is 11.3 Å². The number of methoxy groups -OCH3 is 1. The predicted octanol–water partition coefficient (Wildman–Crippen LogP) is 2.20. The quantitative estimate of drug-likeness (QED) is 0.816. The predicted molar refractivity (Wildman–Crippen MR) is 104 cm³/mol. The Hall–Kier alpha value is -2.86. The lowest BCUT2D eigenvalue weighted by molar-refractivity contribution is -0.134. The number of nitrogens with zero attached hydrogens (tertiary/aromatic N) is 2. The smallest absolute Gasteiger partial charge is 0.253 e. The monoisotopic (exact) mass is 380 g/mol. The molecule has 0 atom stereocenters. The maximum atomic E-state index is 12.7. The van der Waals surface area contributed by atoms with Gasteiger partial charge in [0.05, 0.1) is 13.7 Å². The molecular weight excluding hydrogens is 356 g/mol. The highest BCUT2D eigenvalue weighted by atomic mass is 16.5. The summed E-state index contributed by atoms with van der Waals surface area (Å²) >= 11 is 0. The maximum absolute atomic E-state index is 12.7. The van der Waals surface area contributed by atoms with Crippen LogP contribution in [0.4, 0.5) is 0 Å². The van der Waals surface area contributed by atoms with Crippen molar-refractivity contribution in [2.24, 2.45) is 5.41 Å². The molecule has 1 spiro atoms. The Bertz CT molecular complexity index is 845. The summed E-state index contributed by atoms with van der Waals surface area (Å²) in [6, 6.07) is 17.1. The first-order valence-electron chi connectivity index (χ1n) is 9.41. The first kappa shape index (κ1) is 18.5. The average Bonchev–Trinajstić information content (AvgIpc) is 2.86. The molecule has 6 nitrogen and oxygen atoms in total. The van der Waals surface area contributed by atoms with E-state index in [2.05, 4.69) is 0 Å². The van der Waals surface area contributed by atoms with Gasteiger partial charge in [-0.3, -0.25) is 9.59 Å². The molecule has 2 amide bonds. The summed E-state index contributed by atoms with van der Waals surface area (Å²) in [5.41, 5.74) is 1.55. The SMILES string of the molecule is COc1ccc(C(=O)N2CC3(COCC(=O)N(Cc4ccccc4)C3)C2)cc1. The number of carbonyl (C=O) groups is 2. The van der Waals surface area contributed by atoms with Crippen LogP contribution in [0.25, 0.3) is 0 Å². The van der Waals surface area contributed by atoms with Crippen LogP contribution in [0.5, 0.6) is 5.75 Å². The Morgan fingerprint density at radius 2 is 1.79 bits per heavy atom. The average molecular weight is 380 g/mol. The minimum absolute atomic E-state index is 0.000610. The Labute approximate surface area is 164 Å². The van der Waals surface area contributed by atoms with Crippen molar-refractivity contribution < 1.29 is 19.1 Å². The number of carbonyl (C=O) groups excluding carboxylic acids is 2. The number of ether oxygens (including phenoxy) is 2. The molecule has 2 saturated heterocycles. The standard InChI is InChI=1S/C22H24N2O4/c1-27-19-9-7-18(8-10-19)21(26)24-14-22(15-24)13-23(20(25)12-28-16-22)11-17-5-3-2-4-6-17/h2-10H,11-16H2,1H3. The van der Waals surface area contributed by atoms with Gasteiger partial charge in [-0.15, -0.1) is 0 Å². The van der Waals surface area contributed by atoms with Crippen molar-refractivity contribution in [3.63, 3.8) is 0 Å². The molecule has 0 radical (unpaired) electrons. The fourth-order valence-corrected chi connectivity index (χ4v) is 3.95. The molecule has 0 bridgehead atoms. The van der Waals surface area contributed by atoms with Gasteiger partial charge in [0.25, 0.3) is 5.91 Å². The third-order valence-electron chi connectivity index (χ3n) is 5.41. The molecule has 2 aliphatic heterocycles. The lowest BCUT2D eigenvalue weighted by Crippen LogP contribution is -2.63. The summed E-state index contributed by atoms with van der Waals surface area (Å²) in [4.78, 5) is 28.9. The third-order valence-corrected chi connectivity index (χ3v) is 5.41. The van der Waals surface area contributed by atoms with Gasteiger partial charge < -0.3 is 19.3 Å². The zero-order valence-corrected chi connectivity index (χ0v) is 16.0. The molecule has 0 aliphatic carbocycles. The Morgan fingerprint density at radius 3 is 2.46 bits per heavy atom. The summed E-state index contributed by atoms with van der Waals surface area (Å²) in [6.07, 6.45) is 0. The number of hydrogen-bond acceptors (Lipinski definition) is 4. The number of likely N-dealkylation sites (tertiary alicyclic amines) is 1. The molecule has 4 rings (SSSR count). The molecule has 28 heavy (non-hydrogen) atoms. The summed E-state index contributed by atoms with van der Waals surface area (Å²) in [5.74, 6) is 0.725. The normalized spacial score (nSPS) is 18.5. The van der Waals surface area contributed by atoms with Crippen LogP contribution in [-0.4, -0.2) is 61.6 Å². The van der Waals surface area contributed by atoms with Gasteiger partial charge in [-0.05, 0) is 29.8 Å². The van der Waals surface area contributed by atoms with E-state index in [-0.39, 0.29) is 23.8 Å². The van der Waals surface area contributed by atoms with E-state index in [1.54, 1.807) is 31.4 Å². The van der Waals surface area contributed by atoms with Crippen molar-refractivity contribution in [1.82, 2.24) is 9.80 Å². The zero-order valence-electron chi connectivity index (χ0n) is 16.0. The summed E-state index contributed by atoms with van der Waals surface area (Å²) in [5, 5.41) is 0. The fourth-order valence-electron chi connectivity index (χ4n) is 3.95. The largest absolute Gasteiger partial charge is 0.497 e. The van der Waals surface area contributed by atoms with Crippen molar-refractivity contribution in [1.29, 1.82) is 0 Å². The van der Waals surface area contributed by atoms with Crippen LogP contribution in [0.3, 0.4) is 0 Å². The molecule has 2 aromatic carbocycles. The highest BCUT2D eigenvalue weighted by Gasteiger charge is 2.48. The molecule has 2 aromatic rings. The molecule has 0 saturated carbocycles. The van der Waals surface area contributed by atoms with Crippen LogP contribution in [-0.2, 0) is 16.1 Å².